The van der Waals surface area contributed by atoms with Gasteiger partial charge in [-0.1, -0.05) is 0 Å². The van der Waals surface area contributed by atoms with E-state index in [0.29, 0.717) is 15.8 Å². The van der Waals surface area contributed by atoms with Crippen molar-refractivity contribution < 1.29 is 0 Å². The van der Waals surface area contributed by atoms with Crippen LogP contribution in [0.4, 0.5) is 0 Å². The molecule has 3 rings (SSSR count). The molecule has 0 aromatic carbocycles. The molecule has 0 amide bonds. The number of imidazole rings is 1. The number of hydrogen-bond donors (Lipinski definition) is 0. The number of allylic oxidation sites excluding steroid dienone is 2. The van der Waals surface area contributed by atoms with E-state index >= 15 is 0 Å². The molecule has 75 valence electrons. The van der Waals surface area contributed by atoms with Gasteiger partial charge in [-0.2, -0.15) is 0 Å². The van der Waals surface area contributed by atoms with Gasteiger partial charge in [0.2, 0.25) is 0 Å². The maximum absolute atomic E-state index is 4.25. The van der Waals surface area contributed by atoms with E-state index in [1.807, 2.05) is 12.4 Å². The van der Waals surface area contributed by atoms with E-state index in [9.17, 15) is 0 Å². The average molecular weight is 259 g/mol. The summed E-state index contributed by atoms with van der Waals surface area (Å²) in [5.41, 5.74) is 3.91. The predicted octanol–water partition coefficient (Wildman–Crippen LogP) is 2.66. The second-order valence-electron chi connectivity index (χ2n) is 3.72. The zero-order chi connectivity index (χ0) is 10.1. The van der Waals surface area contributed by atoms with Gasteiger partial charge < -0.3 is 0 Å². The molecule has 1 aliphatic rings. The molecule has 0 saturated carbocycles. The molecule has 2 aromatic heterocycles. The first kappa shape index (κ1) is 9.23. The zero-order valence-electron chi connectivity index (χ0n) is 8.43. The minimum atomic E-state index is 0.603. The van der Waals surface area contributed by atoms with Gasteiger partial charge in [-0.05, 0) is 0 Å². The van der Waals surface area contributed by atoms with E-state index in [1.54, 1.807) is 0 Å². The van der Waals surface area contributed by atoms with Gasteiger partial charge >= 0.3 is 95.6 Å². The number of pyridine rings is 1. The summed E-state index contributed by atoms with van der Waals surface area (Å²) in [6.07, 6.45) is 9.73. The minimum absolute atomic E-state index is 0.603. The molecule has 15 heavy (non-hydrogen) atoms. The Morgan fingerprint density at radius 3 is 3.20 bits per heavy atom. The second-order valence-corrected chi connectivity index (χ2v) is 6.36. The Hall–Kier alpha value is -1.01. The van der Waals surface area contributed by atoms with Crippen molar-refractivity contribution in [2.75, 3.05) is 0 Å². The first-order chi connectivity index (χ1) is 7.43. The molecule has 1 radical (unpaired) electrons. The summed E-state index contributed by atoms with van der Waals surface area (Å²) in [6, 6.07) is 4.29. The van der Waals surface area contributed by atoms with Gasteiger partial charge in [0, 0.05) is 0 Å². The Morgan fingerprint density at radius 2 is 2.33 bits per heavy atom. The summed E-state index contributed by atoms with van der Waals surface area (Å²) in [6.45, 7) is 0. The first-order valence-electron chi connectivity index (χ1n) is 5.19. The van der Waals surface area contributed by atoms with Crippen LogP contribution in [-0.4, -0.2) is 25.1 Å². The molecule has 0 N–H and O–H groups in total. The number of nitrogens with zero attached hydrogens (tertiary/aromatic N) is 2. The molecule has 1 aliphatic heterocycles. The van der Waals surface area contributed by atoms with Crippen LogP contribution in [0, 0.1) is 0 Å². The van der Waals surface area contributed by atoms with Crippen molar-refractivity contribution in [3.8, 4) is 0 Å². The van der Waals surface area contributed by atoms with Gasteiger partial charge in [-0.15, -0.1) is 0 Å². The molecule has 0 bridgehead atoms. The molecule has 0 spiro atoms. The van der Waals surface area contributed by atoms with Crippen molar-refractivity contribution in [3.63, 3.8) is 0 Å². The SMILES string of the molecule is C1=C(c2ccc3nccn3c2)CC[As]C1. The third-order valence-corrected chi connectivity index (χ3v) is 4.82. The summed E-state index contributed by atoms with van der Waals surface area (Å²) in [5.74, 6) is 0. The van der Waals surface area contributed by atoms with Crippen molar-refractivity contribution in [3.05, 3.63) is 42.4 Å². The van der Waals surface area contributed by atoms with E-state index in [4.69, 9.17) is 0 Å². The van der Waals surface area contributed by atoms with Gasteiger partial charge in [0.1, 0.15) is 0 Å². The molecule has 0 saturated heterocycles. The molecule has 0 unspecified atom stereocenters. The molecule has 0 atom stereocenters. The maximum atomic E-state index is 4.25. The average Bonchev–Trinajstić information content (AvgIpc) is 2.77. The van der Waals surface area contributed by atoms with Crippen LogP contribution in [0.1, 0.15) is 12.0 Å². The van der Waals surface area contributed by atoms with E-state index in [1.165, 1.54) is 28.0 Å². The Kier molecular flexibility index (Phi) is 2.38. The van der Waals surface area contributed by atoms with Crippen LogP contribution in [-0.2, 0) is 0 Å². The molecule has 0 fully saturated rings. The Bertz CT molecular complexity index is 513. The van der Waals surface area contributed by atoms with Gasteiger partial charge in [-0.25, -0.2) is 0 Å². The monoisotopic (exact) mass is 259 g/mol. The molecule has 3 heterocycles. The quantitative estimate of drug-likeness (QED) is 0.720. The second kappa shape index (κ2) is 3.86. The van der Waals surface area contributed by atoms with E-state index in [2.05, 4.69) is 33.8 Å². The standard InChI is InChI=1S/C12H12AsN2/c1-2-12-14-7-8-15(12)9-11(1)10-3-5-13-6-4-10/h1-3,7-9H,4-6H2. The number of hydrogen-bond acceptors (Lipinski definition) is 1. The Morgan fingerprint density at radius 1 is 1.33 bits per heavy atom. The predicted molar refractivity (Wildman–Crippen MR) is 63.2 cm³/mol. The van der Waals surface area contributed by atoms with Crippen LogP contribution < -0.4 is 0 Å². The van der Waals surface area contributed by atoms with Crippen LogP contribution in [0.3, 0.4) is 0 Å². The van der Waals surface area contributed by atoms with Gasteiger partial charge in [0.15, 0.2) is 0 Å². The summed E-state index contributed by atoms with van der Waals surface area (Å²) >= 11 is 0.603. The summed E-state index contributed by atoms with van der Waals surface area (Å²) < 4.78 is 2.10. The summed E-state index contributed by atoms with van der Waals surface area (Å²) in [7, 11) is 0. The molecule has 2 nitrogen and oxygen atoms in total. The third-order valence-electron chi connectivity index (χ3n) is 2.77. The molecular weight excluding hydrogens is 247 g/mol. The zero-order valence-corrected chi connectivity index (χ0v) is 10.3. The summed E-state index contributed by atoms with van der Waals surface area (Å²) in [5, 5.41) is 2.75. The van der Waals surface area contributed by atoms with Crippen LogP contribution in [0.2, 0.25) is 10.4 Å². The Balaban J connectivity index is 2.06. The fourth-order valence-corrected chi connectivity index (χ4v) is 3.89. The van der Waals surface area contributed by atoms with Gasteiger partial charge in [0.25, 0.3) is 0 Å². The van der Waals surface area contributed by atoms with Crippen LogP contribution >= 0.6 is 0 Å². The van der Waals surface area contributed by atoms with Crippen molar-refractivity contribution in [1.82, 2.24) is 9.38 Å². The number of rotatable bonds is 1. The van der Waals surface area contributed by atoms with E-state index < -0.39 is 0 Å². The number of aromatic nitrogens is 2. The summed E-state index contributed by atoms with van der Waals surface area (Å²) in [4.78, 5) is 4.25. The molecule has 0 aliphatic carbocycles. The molecule has 2 aromatic rings. The van der Waals surface area contributed by atoms with E-state index in [-0.39, 0.29) is 0 Å². The van der Waals surface area contributed by atoms with Crippen molar-refractivity contribution in [1.29, 1.82) is 0 Å². The normalized spacial score (nSPS) is 18.3. The fourth-order valence-electron chi connectivity index (χ4n) is 1.94. The fraction of sp³-hybridized carbons (Fsp3) is 0.250. The molecule has 3 heteroatoms. The first-order valence-corrected chi connectivity index (χ1v) is 7.84. The van der Waals surface area contributed by atoms with Crippen LogP contribution in [0.25, 0.3) is 11.2 Å². The molecular formula is C12H12AsN2. The van der Waals surface area contributed by atoms with Crippen molar-refractivity contribution in [2.45, 2.75) is 16.8 Å². The van der Waals surface area contributed by atoms with Crippen LogP contribution in [0.5, 0.6) is 0 Å². The van der Waals surface area contributed by atoms with E-state index in [0.717, 1.165) is 5.65 Å². The van der Waals surface area contributed by atoms with Crippen molar-refractivity contribution in [2.24, 2.45) is 0 Å². The van der Waals surface area contributed by atoms with Gasteiger partial charge in [-0.3, -0.25) is 0 Å². The number of fused-ring (bicyclic) bond motifs is 1. The Labute approximate surface area is 95.7 Å². The topological polar surface area (TPSA) is 17.3 Å². The third kappa shape index (κ3) is 1.74. The van der Waals surface area contributed by atoms with Gasteiger partial charge in [0.05, 0.1) is 0 Å². The van der Waals surface area contributed by atoms with Crippen molar-refractivity contribution >= 4 is 27.0 Å². The van der Waals surface area contributed by atoms with Crippen LogP contribution in [0.15, 0.2) is 36.8 Å².